The Labute approximate surface area is 132 Å². The van der Waals surface area contributed by atoms with Crippen LogP contribution in [-0.2, 0) is 20.6 Å². The lowest BCUT2D eigenvalue weighted by molar-refractivity contribution is 0.388. The van der Waals surface area contributed by atoms with E-state index < -0.39 is 20.6 Å². The summed E-state index contributed by atoms with van der Waals surface area (Å²) in [6.45, 7) is 0. The van der Waals surface area contributed by atoms with Gasteiger partial charge in [-0.1, -0.05) is 38.5 Å². The third kappa shape index (κ3) is 10.5. The Morgan fingerprint density at radius 1 is 0.591 bits per heavy atom. The van der Waals surface area contributed by atoms with Crippen LogP contribution in [0.2, 0.25) is 0 Å². The molecule has 2 fully saturated rings. The van der Waals surface area contributed by atoms with Crippen LogP contribution in [0, 0.1) is 0 Å². The molecule has 0 spiro atoms. The van der Waals surface area contributed by atoms with E-state index in [4.69, 9.17) is 9.11 Å². The minimum atomic E-state index is -3.97. The van der Waals surface area contributed by atoms with E-state index in [1.165, 1.54) is 12.8 Å². The molecule has 8 nitrogen and oxygen atoms in total. The van der Waals surface area contributed by atoms with Crippen LogP contribution < -0.4 is 9.44 Å². The largest absolute Gasteiger partial charge is 0.333 e. The number of rotatable bonds is 4. The molecule has 0 heterocycles. The van der Waals surface area contributed by atoms with Crippen molar-refractivity contribution in [2.24, 2.45) is 0 Å². The fraction of sp³-hybridized carbons (Fsp3) is 1.00. The minimum absolute atomic E-state index is 0.0428. The van der Waals surface area contributed by atoms with Gasteiger partial charge in [0.25, 0.3) is 0 Å². The van der Waals surface area contributed by atoms with Crippen LogP contribution >= 0.6 is 0 Å². The molecule has 10 heteroatoms. The van der Waals surface area contributed by atoms with Gasteiger partial charge >= 0.3 is 20.6 Å². The highest BCUT2D eigenvalue weighted by Crippen LogP contribution is 2.18. The molecule has 0 aromatic rings. The van der Waals surface area contributed by atoms with E-state index in [9.17, 15) is 16.8 Å². The van der Waals surface area contributed by atoms with Crippen LogP contribution in [0.25, 0.3) is 0 Å². The van der Waals surface area contributed by atoms with Gasteiger partial charge in [-0.25, -0.2) is 0 Å². The fourth-order valence-corrected chi connectivity index (χ4v) is 4.18. The molecule has 4 N–H and O–H groups in total. The second kappa shape index (κ2) is 9.14. The standard InChI is InChI=1S/2C6H13NO3S/c2*8-11(9,10)7-6-4-2-1-3-5-6/h2*6-7H,1-5H2,(H,8,9,10). The number of nitrogens with one attached hydrogen (secondary N) is 2. The molecule has 0 aromatic carbocycles. The zero-order valence-corrected chi connectivity index (χ0v) is 14.2. The lowest BCUT2D eigenvalue weighted by Crippen LogP contribution is -2.35. The summed E-state index contributed by atoms with van der Waals surface area (Å²) in [5.74, 6) is 0. The molecule has 22 heavy (non-hydrogen) atoms. The second-order valence-corrected chi connectivity index (χ2v) is 8.23. The van der Waals surface area contributed by atoms with E-state index in [0.717, 1.165) is 51.4 Å². The van der Waals surface area contributed by atoms with Gasteiger partial charge in [0.15, 0.2) is 0 Å². The second-order valence-electron chi connectivity index (χ2n) is 5.86. The Morgan fingerprint density at radius 2 is 0.864 bits per heavy atom. The summed E-state index contributed by atoms with van der Waals surface area (Å²) < 4.78 is 62.6. The maximum Gasteiger partial charge on any atom is 0.333 e. The Hall–Kier alpha value is -0.260. The van der Waals surface area contributed by atoms with E-state index in [0.29, 0.717) is 0 Å². The van der Waals surface area contributed by atoms with Crippen LogP contribution in [0.5, 0.6) is 0 Å². The first kappa shape index (κ1) is 19.8. The van der Waals surface area contributed by atoms with Crippen molar-refractivity contribution in [2.75, 3.05) is 0 Å². The van der Waals surface area contributed by atoms with Gasteiger partial charge < -0.3 is 0 Å². The first-order chi connectivity index (χ1) is 10.2. The van der Waals surface area contributed by atoms with E-state index >= 15 is 0 Å². The highest BCUT2D eigenvalue weighted by Gasteiger charge is 2.18. The fourth-order valence-electron chi connectivity index (χ4n) is 2.86. The van der Waals surface area contributed by atoms with Crippen molar-refractivity contribution >= 4 is 20.6 Å². The van der Waals surface area contributed by atoms with Crippen molar-refractivity contribution in [3.8, 4) is 0 Å². The number of hydrogen-bond acceptors (Lipinski definition) is 4. The van der Waals surface area contributed by atoms with E-state index in [1.807, 2.05) is 0 Å². The average Bonchev–Trinajstić information content (AvgIpc) is 2.38. The zero-order valence-electron chi connectivity index (χ0n) is 12.6. The molecular formula is C12H26N2O6S2. The Balaban J connectivity index is 0.000000220. The maximum absolute atomic E-state index is 10.3. The van der Waals surface area contributed by atoms with Gasteiger partial charge in [-0.3, -0.25) is 9.11 Å². The zero-order chi connectivity index (χ0) is 16.6. The van der Waals surface area contributed by atoms with Crippen molar-refractivity contribution < 1.29 is 25.9 Å². The van der Waals surface area contributed by atoms with E-state index in [2.05, 4.69) is 9.44 Å². The van der Waals surface area contributed by atoms with Crippen molar-refractivity contribution in [2.45, 2.75) is 76.3 Å². The van der Waals surface area contributed by atoms with Gasteiger partial charge in [0.2, 0.25) is 0 Å². The predicted molar refractivity (Wildman–Crippen MR) is 83.1 cm³/mol. The molecule has 0 saturated heterocycles. The molecule has 0 bridgehead atoms. The molecule has 0 amide bonds. The van der Waals surface area contributed by atoms with Gasteiger partial charge in [0.1, 0.15) is 0 Å². The normalized spacial score (nSPS) is 21.9. The van der Waals surface area contributed by atoms with Gasteiger partial charge in [0, 0.05) is 12.1 Å². The van der Waals surface area contributed by atoms with Crippen molar-refractivity contribution in [3.63, 3.8) is 0 Å². The van der Waals surface area contributed by atoms with Crippen LogP contribution in [-0.4, -0.2) is 38.0 Å². The first-order valence-electron chi connectivity index (χ1n) is 7.65. The summed E-state index contributed by atoms with van der Waals surface area (Å²) in [6.07, 6.45) is 9.92. The van der Waals surface area contributed by atoms with Crippen molar-refractivity contribution in [1.29, 1.82) is 0 Å². The summed E-state index contributed by atoms with van der Waals surface area (Å²) in [4.78, 5) is 0. The smallest absolute Gasteiger partial charge is 0.273 e. The van der Waals surface area contributed by atoms with Crippen LogP contribution in [0.3, 0.4) is 0 Å². The number of hydrogen-bond donors (Lipinski definition) is 4. The summed E-state index contributed by atoms with van der Waals surface area (Å²) >= 11 is 0. The summed E-state index contributed by atoms with van der Waals surface area (Å²) in [5.41, 5.74) is 0. The third-order valence-corrected chi connectivity index (χ3v) is 5.10. The SMILES string of the molecule is O=S(=O)(O)NC1CCCCC1.O=S(=O)(O)NC1CCCCC1. The monoisotopic (exact) mass is 358 g/mol. The molecule has 2 aliphatic carbocycles. The van der Waals surface area contributed by atoms with Crippen molar-refractivity contribution in [3.05, 3.63) is 0 Å². The molecule has 0 atom stereocenters. The predicted octanol–water partition coefficient (Wildman–Crippen LogP) is 1.42. The highest BCUT2D eigenvalue weighted by molar-refractivity contribution is 7.84. The van der Waals surface area contributed by atoms with Gasteiger partial charge in [-0.05, 0) is 25.7 Å². The topological polar surface area (TPSA) is 133 Å². The quantitative estimate of drug-likeness (QED) is 0.562. The Morgan fingerprint density at radius 3 is 1.09 bits per heavy atom. The molecular weight excluding hydrogens is 332 g/mol. The lowest BCUT2D eigenvalue weighted by Gasteiger charge is -2.20. The van der Waals surface area contributed by atoms with E-state index in [-0.39, 0.29) is 12.1 Å². The average molecular weight is 358 g/mol. The van der Waals surface area contributed by atoms with Crippen LogP contribution in [0.15, 0.2) is 0 Å². The van der Waals surface area contributed by atoms with Gasteiger partial charge in [0.05, 0.1) is 0 Å². The third-order valence-electron chi connectivity index (χ3n) is 3.84. The molecule has 2 rings (SSSR count). The highest BCUT2D eigenvalue weighted by atomic mass is 32.2. The first-order valence-corrected chi connectivity index (χ1v) is 10.5. The molecule has 2 saturated carbocycles. The molecule has 0 aliphatic heterocycles. The molecule has 0 unspecified atom stereocenters. The Bertz CT molecular complexity index is 460. The minimum Gasteiger partial charge on any atom is -0.273 e. The summed E-state index contributed by atoms with van der Waals surface area (Å²) in [7, 11) is -7.95. The molecule has 0 aromatic heterocycles. The summed E-state index contributed by atoms with van der Waals surface area (Å²) in [6, 6.07) is -0.0856. The van der Waals surface area contributed by atoms with E-state index in [1.54, 1.807) is 0 Å². The van der Waals surface area contributed by atoms with Crippen LogP contribution in [0.4, 0.5) is 0 Å². The van der Waals surface area contributed by atoms with Crippen molar-refractivity contribution in [1.82, 2.24) is 9.44 Å². The Kier molecular flexibility index (Phi) is 8.22. The van der Waals surface area contributed by atoms with Gasteiger partial charge in [-0.2, -0.15) is 26.3 Å². The lowest BCUT2D eigenvalue weighted by atomic mass is 9.96. The van der Waals surface area contributed by atoms with Gasteiger partial charge in [-0.15, -0.1) is 0 Å². The summed E-state index contributed by atoms with van der Waals surface area (Å²) in [5, 5.41) is 0. The maximum atomic E-state index is 10.3. The molecule has 132 valence electrons. The molecule has 0 radical (unpaired) electrons. The van der Waals surface area contributed by atoms with Crippen LogP contribution in [0.1, 0.15) is 64.2 Å². The molecule has 2 aliphatic rings.